The number of carbonyl (C=O) groups is 1. The molecule has 0 saturated heterocycles. The zero-order valence-electron chi connectivity index (χ0n) is 11.0. The number of anilines is 2. The normalized spacial score (nSPS) is 10.3. The van der Waals surface area contributed by atoms with Gasteiger partial charge in [0.05, 0.1) is 12.2 Å². The molecule has 0 aromatic heterocycles. The molecule has 0 unspecified atom stereocenters. The number of halogens is 1. The molecular weight excluding hydrogens is 276 g/mol. The average molecular weight is 291 g/mol. The average Bonchev–Trinajstić information content (AvgIpc) is 2.39. The van der Waals surface area contributed by atoms with E-state index in [0.717, 1.165) is 5.56 Å². The third-order valence-electron chi connectivity index (χ3n) is 2.75. The number of nitrogens with two attached hydrogens (primary N) is 1. The molecule has 0 radical (unpaired) electrons. The zero-order valence-corrected chi connectivity index (χ0v) is 11.8. The van der Waals surface area contributed by atoms with E-state index in [-0.39, 0.29) is 5.91 Å². The van der Waals surface area contributed by atoms with E-state index in [1.165, 1.54) is 0 Å². The first-order chi connectivity index (χ1) is 9.60. The first-order valence-corrected chi connectivity index (χ1v) is 6.42. The van der Waals surface area contributed by atoms with Gasteiger partial charge in [0.2, 0.25) is 0 Å². The van der Waals surface area contributed by atoms with Crippen LogP contribution in [0, 0.1) is 0 Å². The van der Waals surface area contributed by atoms with E-state index >= 15 is 0 Å². The fourth-order valence-electron chi connectivity index (χ4n) is 1.84. The van der Waals surface area contributed by atoms with Crippen LogP contribution in [0.2, 0.25) is 5.02 Å². The van der Waals surface area contributed by atoms with Crippen LogP contribution in [0.4, 0.5) is 11.4 Å². The molecule has 0 aliphatic heterocycles. The lowest BCUT2D eigenvalue weighted by Gasteiger charge is -2.09. The van der Waals surface area contributed by atoms with Gasteiger partial charge in [-0.05, 0) is 35.9 Å². The SMILES string of the molecule is COCc1cccc(NC(=O)c2ccc(Cl)cc2N)c1. The van der Waals surface area contributed by atoms with Crippen LogP contribution in [-0.2, 0) is 11.3 Å². The highest BCUT2D eigenvalue weighted by Crippen LogP contribution is 2.20. The molecule has 0 aliphatic rings. The van der Waals surface area contributed by atoms with Crippen molar-refractivity contribution in [2.24, 2.45) is 0 Å². The first kappa shape index (κ1) is 14.4. The van der Waals surface area contributed by atoms with E-state index in [1.807, 2.05) is 24.3 Å². The quantitative estimate of drug-likeness (QED) is 0.849. The van der Waals surface area contributed by atoms with Crippen LogP contribution in [-0.4, -0.2) is 13.0 Å². The van der Waals surface area contributed by atoms with E-state index in [9.17, 15) is 4.79 Å². The summed E-state index contributed by atoms with van der Waals surface area (Å²) in [7, 11) is 1.62. The number of hydrogen-bond donors (Lipinski definition) is 2. The molecule has 1 amide bonds. The van der Waals surface area contributed by atoms with Gasteiger partial charge < -0.3 is 15.8 Å². The molecule has 20 heavy (non-hydrogen) atoms. The highest BCUT2D eigenvalue weighted by molar-refractivity contribution is 6.31. The maximum absolute atomic E-state index is 12.1. The van der Waals surface area contributed by atoms with Crippen molar-refractivity contribution in [2.45, 2.75) is 6.61 Å². The van der Waals surface area contributed by atoms with Crippen molar-refractivity contribution < 1.29 is 9.53 Å². The molecule has 3 N–H and O–H groups in total. The van der Waals surface area contributed by atoms with Crippen LogP contribution in [0.5, 0.6) is 0 Å². The van der Waals surface area contributed by atoms with E-state index in [0.29, 0.717) is 28.6 Å². The lowest BCUT2D eigenvalue weighted by Crippen LogP contribution is -2.14. The number of amides is 1. The van der Waals surface area contributed by atoms with Crippen LogP contribution in [0.3, 0.4) is 0 Å². The molecule has 0 aliphatic carbocycles. The Kier molecular flexibility index (Phi) is 4.61. The summed E-state index contributed by atoms with van der Waals surface area (Å²) >= 11 is 5.81. The number of nitrogens with one attached hydrogen (secondary N) is 1. The number of hydrogen-bond acceptors (Lipinski definition) is 3. The molecule has 0 spiro atoms. The molecule has 2 aromatic carbocycles. The van der Waals surface area contributed by atoms with E-state index < -0.39 is 0 Å². The Morgan fingerprint density at radius 1 is 1.30 bits per heavy atom. The summed E-state index contributed by atoms with van der Waals surface area (Å²) in [6.07, 6.45) is 0. The van der Waals surface area contributed by atoms with Crippen LogP contribution >= 0.6 is 11.6 Å². The molecule has 0 heterocycles. The van der Waals surface area contributed by atoms with Gasteiger partial charge in [-0.25, -0.2) is 0 Å². The van der Waals surface area contributed by atoms with Crippen LogP contribution in [0.15, 0.2) is 42.5 Å². The van der Waals surface area contributed by atoms with Gasteiger partial charge >= 0.3 is 0 Å². The number of benzene rings is 2. The van der Waals surface area contributed by atoms with Crippen molar-refractivity contribution in [2.75, 3.05) is 18.2 Å². The van der Waals surface area contributed by atoms with Crippen LogP contribution < -0.4 is 11.1 Å². The summed E-state index contributed by atoms with van der Waals surface area (Å²) < 4.78 is 5.06. The summed E-state index contributed by atoms with van der Waals surface area (Å²) in [5.41, 5.74) is 8.21. The standard InChI is InChI=1S/C15H15ClN2O2/c1-20-9-10-3-2-4-12(7-10)18-15(19)13-6-5-11(16)8-14(13)17/h2-8H,9,17H2,1H3,(H,18,19). The topological polar surface area (TPSA) is 64.3 Å². The lowest BCUT2D eigenvalue weighted by molar-refractivity contribution is 0.102. The fraction of sp³-hybridized carbons (Fsp3) is 0.133. The second kappa shape index (κ2) is 6.41. The lowest BCUT2D eigenvalue weighted by atomic mass is 10.1. The highest BCUT2D eigenvalue weighted by atomic mass is 35.5. The minimum absolute atomic E-state index is 0.270. The Labute approximate surface area is 122 Å². The Bertz CT molecular complexity index is 629. The van der Waals surface area contributed by atoms with Gasteiger partial charge in [0.1, 0.15) is 0 Å². The summed E-state index contributed by atoms with van der Waals surface area (Å²) in [5, 5.41) is 3.30. The van der Waals surface area contributed by atoms with Crippen molar-refractivity contribution >= 4 is 28.9 Å². The van der Waals surface area contributed by atoms with Crippen molar-refractivity contribution in [1.29, 1.82) is 0 Å². The van der Waals surface area contributed by atoms with Gasteiger partial charge in [-0.15, -0.1) is 0 Å². The maximum atomic E-state index is 12.1. The van der Waals surface area contributed by atoms with Gasteiger partial charge in [0, 0.05) is 23.5 Å². The first-order valence-electron chi connectivity index (χ1n) is 6.04. The van der Waals surface area contributed by atoms with Crippen molar-refractivity contribution in [3.8, 4) is 0 Å². The van der Waals surface area contributed by atoms with Crippen LogP contribution in [0.25, 0.3) is 0 Å². The monoisotopic (exact) mass is 290 g/mol. The Morgan fingerprint density at radius 3 is 2.80 bits per heavy atom. The van der Waals surface area contributed by atoms with Gasteiger partial charge in [0.25, 0.3) is 5.91 Å². The van der Waals surface area contributed by atoms with E-state index in [2.05, 4.69) is 5.32 Å². The highest BCUT2D eigenvalue weighted by Gasteiger charge is 2.10. The maximum Gasteiger partial charge on any atom is 0.257 e. The van der Waals surface area contributed by atoms with E-state index in [4.69, 9.17) is 22.1 Å². The Morgan fingerprint density at radius 2 is 2.10 bits per heavy atom. The molecular formula is C15H15ClN2O2. The number of methoxy groups -OCH3 is 1. The van der Waals surface area contributed by atoms with Crippen LogP contribution in [0.1, 0.15) is 15.9 Å². The predicted octanol–water partition coefficient (Wildman–Crippen LogP) is 3.32. The molecule has 4 nitrogen and oxygen atoms in total. The molecule has 0 fully saturated rings. The smallest absolute Gasteiger partial charge is 0.257 e. The molecule has 0 saturated carbocycles. The summed E-state index contributed by atoms with van der Waals surface area (Å²) in [5.74, 6) is -0.270. The third kappa shape index (κ3) is 3.50. The molecule has 0 bridgehead atoms. The van der Waals surface area contributed by atoms with Gasteiger partial charge in [0.15, 0.2) is 0 Å². The molecule has 104 valence electrons. The third-order valence-corrected chi connectivity index (χ3v) is 2.99. The zero-order chi connectivity index (χ0) is 14.5. The van der Waals surface area contributed by atoms with Crippen molar-refractivity contribution in [3.05, 3.63) is 58.6 Å². The summed E-state index contributed by atoms with van der Waals surface area (Å²) in [4.78, 5) is 12.1. The molecule has 5 heteroatoms. The largest absolute Gasteiger partial charge is 0.398 e. The minimum atomic E-state index is -0.270. The van der Waals surface area contributed by atoms with E-state index in [1.54, 1.807) is 25.3 Å². The summed E-state index contributed by atoms with van der Waals surface area (Å²) in [6.45, 7) is 0.493. The second-order valence-corrected chi connectivity index (χ2v) is 4.76. The molecule has 0 atom stereocenters. The van der Waals surface area contributed by atoms with Gasteiger partial charge in [-0.1, -0.05) is 23.7 Å². The second-order valence-electron chi connectivity index (χ2n) is 4.32. The number of rotatable bonds is 4. The van der Waals surface area contributed by atoms with Gasteiger partial charge in [-0.3, -0.25) is 4.79 Å². The number of nitrogen functional groups attached to an aromatic ring is 1. The molecule has 2 aromatic rings. The fourth-order valence-corrected chi connectivity index (χ4v) is 2.02. The number of ether oxygens (including phenoxy) is 1. The van der Waals surface area contributed by atoms with Gasteiger partial charge in [-0.2, -0.15) is 0 Å². The molecule has 2 rings (SSSR count). The Balaban J connectivity index is 2.17. The van der Waals surface area contributed by atoms with Crippen molar-refractivity contribution in [3.63, 3.8) is 0 Å². The predicted molar refractivity (Wildman–Crippen MR) is 81.0 cm³/mol. The minimum Gasteiger partial charge on any atom is -0.398 e. The summed E-state index contributed by atoms with van der Waals surface area (Å²) in [6, 6.07) is 12.2. The Hall–Kier alpha value is -2.04. The van der Waals surface area contributed by atoms with Crippen molar-refractivity contribution in [1.82, 2.24) is 0 Å². The number of carbonyl (C=O) groups excluding carboxylic acids is 1.